The summed E-state index contributed by atoms with van der Waals surface area (Å²) in [7, 11) is 1.47. The van der Waals surface area contributed by atoms with Gasteiger partial charge >= 0.3 is 5.97 Å². The van der Waals surface area contributed by atoms with Crippen LogP contribution in [0.4, 0.5) is 5.69 Å². The fraction of sp³-hybridized carbons (Fsp3) is 0.125. The number of anilines is 1. The lowest BCUT2D eigenvalue weighted by molar-refractivity contribution is -0.119. The molecule has 0 aliphatic rings. The molecular weight excluding hydrogens is 432 g/mol. The largest absolute Gasteiger partial charge is 0.495 e. The minimum absolute atomic E-state index is 0.287. The second-order valence-corrected chi connectivity index (χ2v) is 7.38. The van der Waals surface area contributed by atoms with Crippen LogP contribution in [0.1, 0.15) is 15.9 Å². The van der Waals surface area contributed by atoms with E-state index in [1.54, 1.807) is 48.5 Å². The number of hydrogen-bond acceptors (Lipinski definition) is 6. The molecule has 2 aromatic heterocycles. The summed E-state index contributed by atoms with van der Waals surface area (Å²) in [5.74, 6) is -0.231. The van der Waals surface area contributed by atoms with Gasteiger partial charge in [-0.1, -0.05) is 29.8 Å². The average molecular weight is 451 g/mol. The van der Waals surface area contributed by atoms with Gasteiger partial charge in [-0.2, -0.15) is 0 Å². The fourth-order valence-corrected chi connectivity index (χ4v) is 3.37. The van der Waals surface area contributed by atoms with Crippen LogP contribution in [0, 0.1) is 6.92 Å². The molecule has 7 nitrogen and oxygen atoms in total. The number of ether oxygens (including phenoxy) is 2. The summed E-state index contributed by atoms with van der Waals surface area (Å²) in [5, 5.41) is 3.81. The Morgan fingerprint density at radius 2 is 1.94 bits per heavy atom. The third-order valence-electron chi connectivity index (χ3n) is 4.80. The highest BCUT2D eigenvalue weighted by Crippen LogP contribution is 2.31. The van der Waals surface area contributed by atoms with Crippen LogP contribution in [0.3, 0.4) is 0 Å². The van der Waals surface area contributed by atoms with Gasteiger partial charge in [0.05, 0.1) is 30.1 Å². The Morgan fingerprint density at radius 3 is 2.69 bits per heavy atom. The molecule has 0 aliphatic heterocycles. The molecule has 162 valence electrons. The van der Waals surface area contributed by atoms with Crippen LogP contribution in [0.2, 0.25) is 5.02 Å². The van der Waals surface area contributed by atoms with Crippen molar-refractivity contribution in [1.29, 1.82) is 0 Å². The van der Waals surface area contributed by atoms with Crippen LogP contribution in [0.5, 0.6) is 5.75 Å². The van der Waals surface area contributed by atoms with E-state index in [0.29, 0.717) is 38.8 Å². The molecule has 0 saturated heterocycles. The van der Waals surface area contributed by atoms with Crippen molar-refractivity contribution in [1.82, 2.24) is 4.98 Å². The van der Waals surface area contributed by atoms with Crippen molar-refractivity contribution in [2.45, 2.75) is 6.92 Å². The number of nitrogens with one attached hydrogen (secondary N) is 1. The van der Waals surface area contributed by atoms with Crippen LogP contribution in [-0.2, 0) is 9.53 Å². The zero-order valence-electron chi connectivity index (χ0n) is 17.3. The Bertz CT molecular complexity index is 1300. The van der Waals surface area contributed by atoms with Gasteiger partial charge in [0, 0.05) is 16.5 Å². The zero-order chi connectivity index (χ0) is 22.7. The summed E-state index contributed by atoms with van der Waals surface area (Å²) >= 11 is 6.10. The number of hydrogen-bond donors (Lipinski definition) is 1. The maximum absolute atomic E-state index is 12.9. The second kappa shape index (κ2) is 9.11. The van der Waals surface area contributed by atoms with Crippen molar-refractivity contribution < 1.29 is 23.5 Å². The average Bonchev–Trinajstić information content (AvgIpc) is 3.34. The van der Waals surface area contributed by atoms with E-state index in [0.717, 1.165) is 5.56 Å². The first-order valence-corrected chi connectivity index (χ1v) is 10.1. The summed E-state index contributed by atoms with van der Waals surface area (Å²) in [4.78, 5) is 29.8. The number of esters is 1. The SMILES string of the molecule is COc1cc(Cl)c(C)cc1NC(=O)COC(=O)c1cc(-c2ccco2)nc2ccccc12. The van der Waals surface area contributed by atoms with Crippen LogP contribution < -0.4 is 10.1 Å². The number of aryl methyl sites for hydroxylation is 1. The number of furan rings is 1. The number of halogens is 1. The van der Waals surface area contributed by atoms with Crippen molar-refractivity contribution in [3.8, 4) is 17.2 Å². The number of benzene rings is 2. The number of carbonyl (C=O) groups is 2. The summed E-state index contributed by atoms with van der Waals surface area (Å²) in [5.41, 5.74) is 2.60. The van der Waals surface area contributed by atoms with E-state index in [1.807, 2.05) is 13.0 Å². The third-order valence-corrected chi connectivity index (χ3v) is 5.21. The van der Waals surface area contributed by atoms with E-state index in [4.69, 9.17) is 25.5 Å². The molecule has 1 amide bonds. The molecule has 4 rings (SSSR count). The van der Waals surface area contributed by atoms with Gasteiger partial charge in [0.1, 0.15) is 11.4 Å². The van der Waals surface area contributed by atoms with Crippen LogP contribution in [-0.4, -0.2) is 30.6 Å². The molecule has 8 heteroatoms. The summed E-state index contributed by atoms with van der Waals surface area (Å²) in [6.07, 6.45) is 1.53. The monoisotopic (exact) mass is 450 g/mol. The van der Waals surface area contributed by atoms with E-state index < -0.39 is 18.5 Å². The lowest BCUT2D eigenvalue weighted by Gasteiger charge is -2.13. The van der Waals surface area contributed by atoms with Crippen LogP contribution >= 0.6 is 11.6 Å². The standard InChI is InChI=1S/C24H19ClN2O5/c1-14-10-19(22(30-2)12-17(14)25)27-23(28)13-32-24(29)16-11-20(21-8-5-9-31-21)26-18-7-4-3-6-15(16)18/h3-12H,13H2,1-2H3,(H,27,28). The topological polar surface area (TPSA) is 90.7 Å². The third kappa shape index (κ3) is 4.43. The number of amides is 1. The van der Waals surface area contributed by atoms with Gasteiger partial charge in [0.2, 0.25) is 0 Å². The Labute approximate surface area is 188 Å². The van der Waals surface area contributed by atoms with Gasteiger partial charge in [-0.15, -0.1) is 0 Å². The summed E-state index contributed by atoms with van der Waals surface area (Å²) in [6, 6.07) is 15.6. The number of rotatable bonds is 6. The minimum Gasteiger partial charge on any atom is -0.495 e. The first-order chi connectivity index (χ1) is 15.5. The first-order valence-electron chi connectivity index (χ1n) is 9.71. The Hall–Kier alpha value is -3.84. The van der Waals surface area contributed by atoms with E-state index in [1.165, 1.54) is 13.4 Å². The van der Waals surface area contributed by atoms with Gasteiger partial charge in [0.25, 0.3) is 5.91 Å². The highest BCUT2D eigenvalue weighted by atomic mass is 35.5. The van der Waals surface area contributed by atoms with Gasteiger partial charge in [-0.05, 0) is 42.8 Å². The predicted molar refractivity (Wildman–Crippen MR) is 121 cm³/mol. The second-order valence-electron chi connectivity index (χ2n) is 6.98. The number of carbonyl (C=O) groups excluding carboxylic acids is 2. The highest BCUT2D eigenvalue weighted by Gasteiger charge is 2.18. The Kier molecular flexibility index (Phi) is 6.09. The Morgan fingerprint density at radius 1 is 1.12 bits per heavy atom. The molecule has 0 spiro atoms. The number of para-hydroxylation sites is 1. The zero-order valence-corrected chi connectivity index (χ0v) is 18.1. The van der Waals surface area contributed by atoms with Crippen LogP contribution in [0.25, 0.3) is 22.4 Å². The minimum atomic E-state index is -0.647. The highest BCUT2D eigenvalue weighted by molar-refractivity contribution is 6.31. The van der Waals surface area contributed by atoms with Gasteiger partial charge in [-0.25, -0.2) is 9.78 Å². The molecule has 0 bridgehead atoms. The van der Waals surface area contributed by atoms with Crippen LogP contribution in [0.15, 0.2) is 65.3 Å². The summed E-state index contributed by atoms with van der Waals surface area (Å²) in [6.45, 7) is 1.33. The van der Waals surface area contributed by atoms with E-state index in [-0.39, 0.29) is 5.56 Å². The first kappa shape index (κ1) is 21.4. The molecule has 2 aromatic carbocycles. The van der Waals surface area contributed by atoms with Crippen molar-refractivity contribution in [3.05, 3.63) is 77.0 Å². The van der Waals surface area contributed by atoms with E-state index in [2.05, 4.69) is 10.3 Å². The molecule has 1 N–H and O–H groups in total. The molecule has 2 heterocycles. The molecule has 0 saturated carbocycles. The van der Waals surface area contributed by atoms with Crippen molar-refractivity contribution >= 4 is 40.1 Å². The molecule has 0 unspecified atom stereocenters. The quantitative estimate of drug-likeness (QED) is 0.403. The normalized spacial score (nSPS) is 10.7. The lowest BCUT2D eigenvalue weighted by atomic mass is 10.1. The van der Waals surface area contributed by atoms with Gasteiger partial charge in [0.15, 0.2) is 12.4 Å². The lowest BCUT2D eigenvalue weighted by Crippen LogP contribution is -2.21. The van der Waals surface area contributed by atoms with Gasteiger partial charge in [-0.3, -0.25) is 4.79 Å². The van der Waals surface area contributed by atoms with Crippen molar-refractivity contribution in [2.75, 3.05) is 19.0 Å². The predicted octanol–water partition coefficient (Wildman–Crippen LogP) is 5.26. The van der Waals surface area contributed by atoms with Crippen molar-refractivity contribution in [3.63, 3.8) is 0 Å². The molecule has 4 aromatic rings. The van der Waals surface area contributed by atoms with Gasteiger partial charge < -0.3 is 19.2 Å². The molecule has 0 atom stereocenters. The molecule has 32 heavy (non-hydrogen) atoms. The number of fused-ring (bicyclic) bond motifs is 1. The number of aromatic nitrogens is 1. The Balaban J connectivity index is 1.53. The summed E-state index contributed by atoms with van der Waals surface area (Å²) < 4.78 is 16.0. The fourth-order valence-electron chi connectivity index (χ4n) is 3.22. The molecule has 0 aliphatic carbocycles. The number of pyridine rings is 1. The molecule has 0 radical (unpaired) electrons. The number of methoxy groups -OCH3 is 1. The van der Waals surface area contributed by atoms with E-state index >= 15 is 0 Å². The maximum Gasteiger partial charge on any atom is 0.339 e. The molecule has 0 fully saturated rings. The molecular formula is C24H19ClN2O5. The van der Waals surface area contributed by atoms with E-state index in [9.17, 15) is 9.59 Å². The smallest absolute Gasteiger partial charge is 0.339 e. The van der Waals surface area contributed by atoms with Crippen molar-refractivity contribution in [2.24, 2.45) is 0 Å². The number of nitrogens with zero attached hydrogens (tertiary/aromatic N) is 1. The maximum atomic E-state index is 12.9.